The lowest BCUT2D eigenvalue weighted by Crippen LogP contribution is -2.17. The fourth-order valence-electron chi connectivity index (χ4n) is 4.19. The van der Waals surface area contributed by atoms with Gasteiger partial charge in [0.1, 0.15) is 0 Å². The molecule has 3 heteroatoms. The summed E-state index contributed by atoms with van der Waals surface area (Å²) >= 11 is 3.43. The Morgan fingerprint density at radius 3 is 1.51 bits per heavy atom. The predicted molar refractivity (Wildman–Crippen MR) is 147 cm³/mol. The minimum atomic E-state index is -0.297. The van der Waals surface area contributed by atoms with Gasteiger partial charge in [-0.15, -0.1) is 0 Å². The lowest BCUT2D eigenvalue weighted by Gasteiger charge is -2.08. The normalized spacial score (nSPS) is 10.7. The van der Waals surface area contributed by atoms with Crippen LogP contribution in [0.5, 0.6) is 0 Å². The number of carbonyl (C=O) groups is 1. The van der Waals surface area contributed by atoms with E-state index in [2.05, 4.69) is 15.9 Å². The maximum absolute atomic E-state index is 14.2. The molecule has 0 amide bonds. The van der Waals surface area contributed by atoms with Gasteiger partial charge in [-0.25, -0.2) is 0 Å². The third-order valence-electron chi connectivity index (χ3n) is 5.95. The summed E-state index contributed by atoms with van der Waals surface area (Å²) in [6, 6.07) is 40.1. The van der Waals surface area contributed by atoms with Crippen LogP contribution < -0.4 is 5.43 Å². The van der Waals surface area contributed by atoms with Crippen molar-refractivity contribution in [3.63, 3.8) is 0 Å². The van der Waals surface area contributed by atoms with Crippen molar-refractivity contribution < 1.29 is 4.79 Å². The summed E-state index contributed by atoms with van der Waals surface area (Å²) in [6.07, 6.45) is 0. The number of ketones is 1. The van der Waals surface area contributed by atoms with Crippen LogP contribution in [0.4, 0.5) is 0 Å². The van der Waals surface area contributed by atoms with E-state index in [0.29, 0.717) is 16.7 Å². The molecule has 0 aliphatic rings. The smallest absolute Gasteiger partial charge is 0.198 e. The Balaban J connectivity index is 1.90. The van der Waals surface area contributed by atoms with Gasteiger partial charge in [0.2, 0.25) is 0 Å². The Morgan fingerprint density at radius 2 is 0.971 bits per heavy atom. The molecule has 2 nitrogen and oxygen atoms in total. The molecular formula is C32H21BrO2. The molecule has 0 aliphatic heterocycles. The van der Waals surface area contributed by atoms with Gasteiger partial charge in [-0.05, 0) is 64.2 Å². The van der Waals surface area contributed by atoms with E-state index in [1.807, 2.05) is 115 Å². The average Bonchev–Trinajstić information content (AvgIpc) is 3.07. The first-order valence-electron chi connectivity index (χ1n) is 11.3. The molecule has 0 saturated carbocycles. The van der Waals surface area contributed by atoms with Crippen molar-refractivity contribution in [3.05, 3.63) is 153 Å². The molecule has 168 valence electrons. The molecule has 5 aromatic rings. The van der Waals surface area contributed by atoms with Gasteiger partial charge in [0.05, 0.1) is 5.56 Å². The monoisotopic (exact) mass is 516 g/mol. The van der Waals surface area contributed by atoms with Crippen LogP contribution in [0, 0.1) is 0 Å². The van der Waals surface area contributed by atoms with Gasteiger partial charge in [0, 0.05) is 15.6 Å². The van der Waals surface area contributed by atoms with E-state index in [-0.39, 0.29) is 16.8 Å². The molecule has 0 bridgehead atoms. The van der Waals surface area contributed by atoms with E-state index >= 15 is 0 Å². The molecule has 0 atom stereocenters. The van der Waals surface area contributed by atoms with Crippen LogP contribution in [0.2, 0.25) is 0 Å². The predicted octanol–water partition coefficient (Wildman–Crippen LogP) is 8.04. The van der Waals surface area contributed by atoms with Crippen molar-refractivity contribution in [2.75, 3.05) is 0 Å². The standard InChI is InChI=1S/C32H21BrO2/c33-27-18-16-25(17-19-27)31(34)30-28(23-12-6-2-7-13-23)20-26(22-10-4-1-5-11-22)21-29(32(30)35)24-14-8-3-9-15-24/h1-21H. The van der Waals surface area contributed by atoms with Crippen LogP contribution in [0.15, 0.2) is 137 Å². The molecule has 0 saturated heterocycles. The first-order chi connectivity index (χ1) is 17.1. The molecule has 0 heterocycles. The highest BCUT2D eigenvalue weighted by molar-refractivity contribution is 9.10. The van der Waals surface area contributed by atoms with Crippen LogP contribution >= 0.6 is 15.9 Å². The molecule has 0 N–H and O–H groups in total. The van der Waals surface area contributed by atoms with E-state index in [9.17, 15) is 9.59 Å². The van der Waals surface area contributed by atoms with E-state index in [1.54, 1.807) is 12.1 Å². The molecule has 5 rings (SSSR count). The number of carbonyl (C=O) groups excluding carboxylic acids is 1. The molecule has 0 spiro atoms. The quantitative estimate of drug-likeness (QED) is 0.221. The topological polar surface area (TPSA) is 34.1 Å². The first kappa shape index (κ1) is 22.7. The fraction of sp³-hybridized carbons (Fsp3) is 0. The molecule has 0 aromatic heterocycles. The Bertz CT molecular complexity index is 1540. The molecule has 0 aliphatic carbocycles. The fourth-order valence-corrected chi connectivity index (χ4v) is 4.46. The lowest BCUT2D eigenvalue weighted by molar-refractivity contribution is 0.103. The lowest BCUT2D eigenvalue weighted by atomic mass is 9.94. The highest BCUT2D eigenvalue weighted by Gasteiger charge is 2.22. The number of halogens is 1. The van der Waals surface area contributed by atoms with Crippen LogP contribution in [-0.4, -0.2) is 5.78 Å². The summed E-state index contributed by atoms with van der Waals surface area (Å²) in [7, 11) is 0. The van der Waals surface area contributed by atoms with Crippen molar-refractivity contribution in [2.45, 2.75) is 0 Å². The second-order valence-electron chi connectivity index (χ2n) is 8.21. The maximum atomic E-state index is 14.2. The number of rotatable bonds is 5. The highest BCUT2D eigenvalue weighted by Crippen LogP contribution is 2.31. The zero-order chi connectivity index (χ0) is 24.2. The Morgan fingerprint density at radius 1 is 0.514 bits per heavy atom. The minimum absolute atomic E-state index is 0.166. The molecule has 0 radical (unpaired) electrons. The van der Waals surface area contributed by atoms with Crippen molar-refractivity contribution in [2.24, 2.45) is 0 Å². The maximum Gasteiger partial charge on any atom is 0.198 e. The third-order valence-corrected chi connectivity index (χ3v) is 6.48. The van der Waals surface area contributed by atoms with Gasteiger partial charge in [0.15, 0.2) is 11.2 Å². The van der Waals surface area contributed by atoms with Crippen molar-refractivity contribution in [1.82, 2.24) is 0 Å². The van der Waals surface area contributed by atoms with Crippen molar-refractivity contribution >= 4 is 21.7 Å². The van der Waals surface area contributed by atoms with Gasteiger partial charge in [-0.1, -0.05) is 107 Å². The van der Waals surface area contributed by atoms with Crippen LogP contribution in [0.3, 0.4) is 0 Å². The zero-order valence-corrected chi connectivity index (χ0v) is 20.4. The van der Waals surface area contributed by atoms with E-state index in [4.69, 9.17) is 0 Å². The molecule has 0 fully saturated rings. The van der Waals surface area contributed by atoms with E-state index < -0.39 is 0 Å². The van der Waals surface area contributed by atoms with Gasteiger partial charge in [-0.3, -0.25) is 9.59 Å². The SMILES string of the molecule is O=C(c1ccc(Br)cc1)c1c(-c2ccccc2)cc(-c2ccccc2)cc(-c2ccccc2)c1=O. The Labute approximate surface area is 212 Å². The van der Waals surface area contributed by atoms with Crippen molar-refractivity contribution in [1.29, 1.82) is 0 Å². The Hall–Kier alpha value is -4.08. The van der Waals surface area contributed by atoms with Crippen LogP contribution in [-0.2, 0) is 0 Å². The summed E-state index contributed by atoms with van der Waals surface area (Å²) in [5, 5.41) is 0. The summed E-state index contributed by atoms with van der Waals surface area (Å²) in [4.78, 5) is 28.1. The number of hydrogen-bond acceptors (Lipinski definition) is 2. The van der Waals surface area contributed by atoms with Gasteiger partial charge in [0.25, 0.3) is 0 Å². The molecule has 5 aromatic carbocycles. The summed E-state index contributed by atoms with van der Waals surface area (Å²) in [5.74, 6) is -0.297. The third kappa shape index (κ3) is 4.77. The largest absolute Gasteiger partial charge is 0.288 e. The molecule has 35 heavy (non-hydrogen) atoms. The zero-order valence-electron chi connectivity index (χ0n) is 18.8. The second kappa shape index (κ2) is 10.0. The van der Waals surface area contributed by atoms with Crippen LogP contribution in [0.25, 0.3) is 33.4 Å². The van der Waals surface area contributed by atoms with Gasteiger partial charge in [-0.2, -0.15) is 0 Å². The Kier molecular flexibility index (Phi) is 6.51. The first-order valence-corrected chi connectivity index (χ1v) is 12.1. The van der Waals surface area contributed by atoms with E-state index in [1.165, 1.54) is 0 Å². The van der Waals surface area contributed by atoms with Crippen LogP contribution in [0.1, 0.15) is 15.9 Å². The summed E-state index contributed by atoms with van der Waals surface area (Å²) in [5.41, 5.74) is 4.89. The van der Waals surface area contributed by atoms with Gasteiger partial charge < -0.3 is 0 Å². The molecular weight excluding hydrogens is 496 g/mol. The molecule has 0 unspecified atom stereocenters. The summed E-state index contributed by atoms with van der Waals surface area (Å²) in [6.45, 7) is 0. The van der Waals surface area contributed by atoms with E-state index in [0.717, 1.165) is 26.7 Å². The number of hydrogen-bond donors (Lipinski definition) is 0. The minimum Gasteiger partial charge on any atom is -0.288 e. The average molecular weight is 517 g/mol. The summed E-state index contributed by atoms with van der Waals surface area (Å²) < 4.78 is 0.870. The number of benzene rings is 4. The van der Waals surface area contributed by atoms with Gasteiger partial charge >= 0.3 is 0 Å². The second-order valence-corrected chi connectivity index (χ2v) is 9.13. The van der Waals surface area contributed by atoms with Crippen molar-refractivity contribution in [3.8, 4) is 33.4 Å². The highest BCUT2D eigenvalue weighted by atomic mass is 79.9.